The highest BCUT2D eigenvalue weighted by Gasteiger charge is 2.19. The average Bonchev–Trinajstić information content (AvgIpc) is 3.68. The summed E-state index contributed by atoms with van der Waals surface area (Å²) in [5.41, 5.74) is 11.5. The number of fused-ring (bicyclic) bond motifs is 5. The van der Waals surface area contributed by atoms with Crippen LogP contribution in [0.25, 0.3) is 64.0 Å². The van der Waals surface area contributed by atoms with E-state index in [4.69, 9.17) is 0 Å². The maximum atomic E-state index is 2.37. The summed E-state index contributed by atoms with van der Waals surface area (Å²) in [5, 5.41) is 7.59. The minimum absolute atomic E-state index is 1.08. The Balaban J connectivity index is 1.01. The Bertz CT molecular complexity index is 3270. The normalized spacial score (nSPS) is 11.4. The minimum atomic E-state index is 1.08. The summed E-state index contributed by atoms with van der Waals surface area (Å²) in [7, 11) is 0. The quantitative estimate of drug-likeness (QED) is 0.152. The van der Waals surface area contributed by atoms with E-state index in [1.54, 1.807) is 0 Å². The first-order valence-corrected chi connectivity index (χ1v) is 20.9. The monoisotopic (exact) mass is 770 g/mol. The van der Waals surface area contributed by atoms with Crippen LogP contribution in [-0.4, -0.2) is 0 Å². The number of para-hydroxylation sites is 2. The molecule has 0 saturated carbocycles. The zero-order valence-corrected chi connectivity index (χ0v) is 33.1. The van der Waals surface area contributed by atoms with Gasteiger partial charge in [-0.05, 0) is 129 Å². The molecule has 2 nitrogen and oxygen atoms in total. The zero-order valence-electron chi connectivity index (χ0n) is 32.2. The zero-order chi connectivity index (χ0) is 39.1. The van der Waals surface area contributed by atoms with E-state index in [2.05, 4.69) is 240 Å². The van der Waals surface area contributed by atoms with Crippen LogP contribution in [0.3, 0.4) is 0 Å². The molecule has 0 atom stereocenters. The number of rotatable bonds is 8. The van der Waals surface area contributed by atoms with Gasteiger partial charge in [-0.3, -0.25) is 0 Å². The second-order valence-electron chi connectivity index (χ2n) is 15.0. The molecule has 0 unspecified atom stereocenters. The minimum Gasteiger partial charge on any atom is -0.310 e. The summed E-state index contributed by atoms with van der Waals surface area (Å²) in [6.45, 7) is 0. The van der Waals surface area contributed by atoms with Crippen molar-refractivity contribution in [1.82, 2.24) is 0 Å². The Hall–Kier alpha value is -7.46. The molecule has 11 aromatic rings. The van der Waals surface area contributed by atoms with Gasteiger partial charge in [-0.1, -0.05) is 146 Å². The highest BCUT2D eigenvalue weighted by atomic mass is 32.1. The summed E-state index contributed by atoms with van der Waals surface area (Å²) in [4.78, 5) is 4.73. The van der Waals surface area contributed by atoms with Crippen molar-refractivity contribution in [3.63, 3.8) is 0 Å². The fourth-order valence-corrected chi connectivity index (χ4v) is 9.78. The molecule has 0 amide bonds. The average molecular weight is 771 g/mol. The number of thiophene rings is 1. The molecule has 3 heteroatoms. The van der Waals surface area contributed by atoms with Crippen LogP contribution in [0.4, 0.5) is 34.1 Å². The molecule has 1 aromatic heterocycles. The van der Waals surface area contributed by atoms with Crippen LogP contribution in [-0.2, 0) is 0 Å². The van der Waals surface area contributed by atoms with Gasteiger partial charge < -0.3 is 9.80 Å². The Kier molecular flexibility index (Phi) is 8.72. The molecule has 11 rings (SSSR count). The van der Waals surface area contributed by atoms with Gasteiger partial charge in [0.1, 0.15) is 0 Å². The molecule has 1 heterocycles. The van der Waals surface area contributed by atoms with Gasteiger partial charge >= 0.3 is 0 Å². The first kappa shape index (κ1) is 34.8. The van der Waals surface area contributed by atoms with Crippen LogP contribution in [0.15, 0.2) is 231 Å². The third-order valence-corrected chi connectivity index (χ3v) is 12.5. The maximum Gasteiger partial charge on any atom is 0.0482 e. The van der Waals surface area contributed by atoms with Crippen molar-refractivity contribution in [2.24, 2.45) is 0 Å². The van der Waals surface area contributed by atoms with Gasteiger partial charge in [0.05, 0.1) is 0 Å². The summed E-state index contributed by atoms with van der Waals surface area (Å²) in [6.07, 6.45) is 0. The molecule has 0 aliphatic heterocycles. The fraction of sp³-hybridized carbons (Fsp3) is 0. The number of nitrogens with zero attached hydrogens (tertiary/aromatic N) is 2. The first-order valence-electron chi connectivity index (χ1n) is 20.1. The summed E-state index contributed by atoms with van der Waals surface area (Å²) in [5.74, 6) is 0. The molecule has 0 spiro atoms. The van der Waals surface area contributed by atoms with E-state index in [1.165, 1.54) is 64.0 Å². The van der Waals surface area contributed by atoms with E-state index in [0.717, 1.165) is 34.1 Å². The third kappa shape index (κ3) is 6.39. The third-order valence-electron chi connectivity index (χ3n) is 11.4. The van der Waals surface area contributed by atoms with Gasteiger partial charge in [0.15, 0.2) is 0 Å². The molecule has 0 bridgehead atoms. The van der Waals surface area contributed by atoms with Gasteiger partial charge in [-0.15, -0.1) is 11.3 Å². The lowest BCUT2D eigenvalue weighted by molar-refractivity contribution is 1.25. The van der Waals surface area contributed by atoms with E-state index >= 15 is 0 Å². The van der Waals surface area contributed by atoms with Crippen LogP contribution in [0.2, 0.25) is 0 Å². The van der Waals surface area contributed by atoms with Gasteiger partial charge in [0.25, 0.3) is 0 Å². The van der Waals surface area contributed by atoms with E-state index in [9.17, 15) is 0 Å². The molecule has 0 aliphatic carbocycles. The van der Waals surface area contributed by atoms with Gasteiger partial charge in [0, 0.05) is 54.3 Å². The van der Waals surface area contributed by atoms with Crippen molar-refractivity contribution in [3.05, 3.63) is 231 Å². The topological polar surface area (TPSA) is 6.48 Å². The molecule has 0 radical (unpaired) electrons. The summed E-state index contributed by atoms with van der Waals surface area (Å²) >= 11 is 1.85. The van der Waals surface area contributed by atoms with Crippen molar-refractivity contribution in [1.29, 1.82) is 0 Å². The summed E-state index contributed by atoms with van der Waals surface area (Å²) < 4.78 is 2.59. The second-order valence-corrected chi connectivity index (χ2v) is 16.0. The van der Waals surface area contributed by atoms with Crippen LogP contribution < -0.4 is 9.80 Å². The molecule has 0 fully saturated rings. The van der Waals surface area contributed by atoms with Crippen molar-refractivity contribution in [2.75, 3.05) is 9.80 Å². The van der Waals surface area contributed by atoms with E-state index in [1.807, 2.05) is 11.3 Å². The summed E-state index contributed by atoms with van der Waals surface area (Å²) in [6, 6.07) is 83.6. The number of benzene rings is 10. The van der Waals surface area contributed by atoms with Crippen molar-refractivity contribution < 1.29 is 0 Å². The Morgan fingerprint density at radius 2 is 0.746 bits per heavy atom. The molecule has 10 aromatic carbocycles. The Morgan fingerprint density at radius 3 is 1.47 bits per heavy atom. The highest BCUT2D eigenvalue weighted by molar-refractivity contribution is 7.25. The van der Waals surface area contributed by atoms with Crippen LogP contribution in [0.1, 0.15) is 0 Å². The lowest BCUT2D eigenvalue weighted by Gasteiger charge is -2.29. The second kappa shape index (κ2) is 14.8. The molecule has 278 valence electrons. The molecule has 0 aliphatic rings. The van der Waals surface area contributed by atoms with Gasteiger partial charge in [0.2, 0.25) is 0 Å². The van der Waals surface area contributed by atoms with E-state index in [0.29, 0.717) is 0 Å². The number of hydrogen-bond donors (Lipinski definition) is 0. The lowest BCUT2D eigenvalue weighted by atomic mass is 9.91. The molecule has 0 saturated heterocycles. The molecular formula is C56H38N2S. The maximum absolute atomic E-state index is 2.37. The van der Waals surface area contributed by atoms with Crippen LogP contribution >= 0.6 is 11.3 Å². The van der Waals surface area contributed by atoms with Crippen molar-refractivity contribution in [2.45, 2.75) is 0 Å². The number of hydrogen-bond acceptors (Lipinski definition) is 3. The first-order chi connectivity index (χ1) is 29.2. The predicted molar refractivity (Wildman–Crippen MR) is 255 cm³/mol. The predicted octanol–water partition coefficient (Wildman–Crippen LogP) is 16.6. The Morgan fingerprint density at radius 1 is 0.254 bits per heavy atom. The lowest BCUT2D eigenvalue weighted by Crippen LogP contribution is -2.13. The van der Waals surface area contributed by atoms with Crippen LogP contribution in [0.5, 0.6) is 0 Å². The largest absolute Gasteiger partial charge is 0.310 e. The molecule has 0 N–H and O–H groups in total. The number of anilines is 6. The van der Waals surface area contributed by atoms with Gasteiger partial charge in [-0.25, -0.2) is 0 Å². The standard InChI is InChI=1S/C56H38N2S/c1-3-18-43(19-4-1)57(45-31-29-40(30-32-45)54-36-42(35-41-16-8-10-25-50(41)54)51-27-13-17-39-15-7-9-24-49(39)51)46-22-14-23-47(37-46)58(44-20-5-2-6-21-44)48-33-34-53-52-26-11-12-28-55(52)59-56(53)38-48/h1-38H. The molecule has 59 heavy (non-hydrogen) atoms. The van der Waals surface area contributed by atoms with E-state index < -0.39 is 0 Å². The SMILES string of the molecule is c1ccc(N(c2ccc(-c3cc(-c4cccc5ccccc45)cc4ccccc34)cc2)c2cccc(N(c3ccccc3)c3ccc4c(c3)sc3ccccc34)c2)cc1. The van der Waals surface area contributed by atoms with Gasteiger partial charge in [-0.2, -0.15) is 0 Å². The fourth-order valence-electron chi connectivity index (χ4n) is 8.65. The van der Waals surface area contributed by atoms with Crippen molar-refractivity contribution >= 4 is 87.2 Å². The van der Waals surface area contributed by atoms with Crippen molar-refractivity contribution in [3.8, 4) is 22.3 Å². The van der Waals surface area contributed by atoms with Crippen LogP contribution in [0, 0.1) is 0 Å². The highest BCUT2D eigenvalue weighted by Crippen LogP contribution is 2.44. The van der Waals surface area contributed by atoms with E-state index in [-0.39, 0.29) is 0 Å². The smallest absolute Gasteiger partial charge is 0.0482 e. The Labute approximate surface area is 348 Å². The molecular weight excluding hydrogens is 733 g/mol.